The minimum Gasteiger partial charge on any atom is -0.480 e. The molecule has 114 valence electrons. The van der Waals surface area contributed by atoms with E-state index in [1.54, 1.807) is 31.2 Å². The summed E-state index contributed by atoms with van der Waals surface area (Å²) in [6, 6.07) is 16.1. The van der Waals surface area contributed by atoms with Crippen LogP contribution in [0.5, 0.6) is 0 Å². The van der Waals surface area contributed by atoms with E-state index in [0.717, 1.165) is 5.56 Å². The van der Waals surface area contributed by atoms with E-state index in [-0.39, 0.29) is 5.78 Å². The fourth-order valence-corrected chi connectivity index (χ4v) is 2.18. The van der Waals surface area contributed by atoms with Crippen molar-refractivity contribution >= 4 is 17.4 Å². The number of carboxylic acids is 1. The van der Waals surface area contributed by atoms with Crippen LogP contribution in [0.1, 0.15) is 29.3 Å². The number of Topliss-reactive ketones (excluding diaryl/α,β-unsaturated/α-hetero) is 1. The van der Waals surface area contributed by atoms with Crippen LogP contribution in [0.4, 0.5) is 5.69 Å². The van der Waals surface area contributed by atoms with Crippen molar-refractivity contribution in [3.63, 3.8) is 0 Å². The highest BCUT2D eigenvalue weighted by molar-refractivity contribution is 6.01. The van der Waals surface area contributed by atoms with Crippen LogP contribution in [0.2, 0.25) is 0 Å². The SMILES string of the molecule is C[C@H](Nc1ccccc1C(=O)CCc1ccccc1)C(=O)O. The normalized spacial score (nSPS) is 11.7. The van der Waals surface area contributed by atoms with E-state index in [2.05, 4.69) is 5.32 Å². The maximum atomic E-state index is 12.4. The van der Waals surface area contributed by atoms with Crippen LogP contribution in [0.15, 0.2) is 54.6 Å². The molecule has 2 rings (SSSR count). The number of carbonyl (C=O) groups is 2. The number of para-hydroxylation sites is 1. The molecular formula is C18H19NO3. The first-order valence-electron chi connectivity index (χ1n) is 7.23. The number of ketones is 1. The minimum atomic E-state index is -0.952. The molecule has 0 spiro atoms. The van der Waals surface area contributed by atoms with E-state index in [1.165, 1.54) is 0 Å². The number of nitrogens with one attached hydrogen (secondary N) is 1. The van der Waals surface area contributed by atoms with Gasteiger partial charge in [0.05, 0.1) is 0 Å². The molecule has 0 aliphatic carbocycles. The quantitative estimate of drug-likeness (QED) is 0.769. The van der Waals surface area contributed by atoms with E-state index in [4.69, 9.17) is 5.11 Å². The maximum Gasteiger partial charge on any atom is 0.325 e. The zero-order valence-corrected chi connectivity index (χ0v) is 12.5. The average molecular weight is 297 g/mol. The van der Waals surface area contributed by atoms with Crippen molar-refractivity contribution < 1.29 is 14.7 Å². The van der Waals surface area contributed by atoms with Crippen LogP contribution < -0.4 is 5.32 Å². The number of carboxylic acid groups (broad SMARTS) is 1. The van der Waals surface area contributed by atoms with Crippen LogP contribution in [0.3, 0.4) is 0 Å². The van der Waals surface area contributed by atoms with Gasteiger partial charge < -0.3 is 10.4 Å². The number of aryl methyl sites for hydroxylation is 1. The van der Waals surface area contributed by atoms with Crippen LogP contribution in [0, 0.1) is 0 Å². The minimum absolute atomic E-state index is 0.00421. The van der Waals surface area contributed by atoms with Gasteiger partial charge >= 0.3 is 5.97 Å². The lowest BCUT2D eigenvalue weighted by molar-refractivity contribution is -0.137. The summed E-state index contributed by atoms with van der Waals surface area (Å²) in [5.74, 6) is -0.948. The van der Waals surface area contributed by atoms with Crippen molar-refractivity contribution in [3.8, 4) is 0 Å². The van der Waals surface area contributed by atoms with Gasteiger partial charge in [-0.05, 0) is 31.0 Å². The first kappa shape index (κ1) is 15.8. The Kier molecular flexibility index (Phi) is 5.31. The third-order valence-corrected chi connectivity index (χ3v) is 3.45. The third-order valence-electron chi connectivity index (χ3n) is 3.45. The molecule has 0 saturated carbocycles. The number of hydrogen-bond donors (Lipinski definition) is 2. The van der Waals surface area contributed by atoms with Gasteiger partial charge in [0.15, 0.2) is 5.78 Å². The second-order valence-electron chi connectivity index (χ2n) is 5.16. The number of rotatable bonds is 7. The fraction of sp³-hybridized carbons (Fsp3) is 0.222. The Hall–Kier alpha value is -2.62. The summed E-state index contributed by atoms with van der Waals surface area (Å²) in [5, 5.41) is 11.8. The Morgan fingerprint density at radius 1 is 1.05 bits per heavy atom. The fourth-order valence-electron chi connectivity index (χ4n) is 2.18. The van der Waals surface area contributed by atoms with E-state index < -0.39 is 12.0 Å². The molecule has 2 N–H and O–H groups in total. The molecule has 0 aliphatic heterocycles. The topological polar surface area (TPSA) is 66.4 Å². The van der Waals surface area contributed by atoms with Crippen molar-refractivity contribution in [2.45, 2.75) is 25.8 Å². The largest absolute Gasteiger partial charge is 0.480 e. The molecule has 0 bridgehead atoms. The van der Waals surface area contributed by atoms with Gasteiger partial charge in [0.1, 0.15) is 6.04 Å². The summed E-state index contributed by atoms with van der Waals surface area (Å²) in [7, 11) is 0. The first-order chi connectivity index (χ1) is 10.6. The Labute approximate surface area is 129 Å². The van der Waals surface area contributed by atoms with Crippen molar-refractivity contribution in [2.75, 3.05) is 5.32 Å². The molecular weight excluding hydrogens is 278 g/mol. The van der Waals surface area contributed by atoms with Gasteiger partial charge in [-0.1, -0.05) is 42.5 Å². The first-order valence-corrected chi connectivity index (χ1v) is 7.23. The number of anilines is 1. The number of benzene rings is 2. The standard InChI is InChI=1S/C18H19NO3/c1-13(18(21)22)19-16-10-6-5-9-15(16)17(20)12-11-14-7-3-2-4-8-14/h2-10,13,19H,11-12H2,1H3,(H,21,22)/t13-/m0/s1. The van der Waals surface area contributed by atoms with E-state index in [0.29, 0.717) is 24.1 Å². The summed E-state index contributed by atoms with van der Waals surface area (Å²) < 4.78 is 0. The Morgan fingerprint density at radius 2 is 1.68 bits per heavy atom. The van der Waals surface area contributed by atoms with Crippen LogP contribution in [0.25, 0.3) is 0 Å². The molecule has 2 aromatic carbocycles. The summed E-state index contributed by atoms with van der Waals surface area (Å²) in [6.07, 6.45) is 1.06. The second-order valence-corrected chi connectivity index (χ2v) is 5.16. The Balaban J connectivity index is 2.07. The van der Waals surface area contributed by atoms with Crippen LogP contribution in [-0.4, -0.2) is 22.9 Å². The zero-order chi connectivity index (χ0) is 15.9. The highest BCUT2D eigenvalue weighted by Gasteiger charge is 2.15. The Morgan fingerprint density at radius 3 is 2.36 bits per heavy atom. The van der Waals surface area contributed by atoms with E-state index >= 15 is 0 Å². The van der Waals surface area contributed by atoms with Gasteiger partial charge in [-0.25, -0.2) is 0 Å². The van der Waals surface area contributed by atoms with Crippen LogP contribution in [-0.2, 0) is 11.2 Å². The predicted molar refractivity (Wildman–Crippen MR) is 86.3 cm³/mol. The zero-order valence-electron chi connectivity index (χ0n) is 12.5. The highest BCUT2D eigenvalue weighted by Crippen LogP contribution is 2.19. The van der Waals surface area contributed by atoms with E-state index in [1.807, 2.05) is 30.3 Å². The van der Waals surface area contributed by atoms with Gasteiger partial charge in [0.2, 0.25) is 0 Å². The van der Waals surface area contributed by atoms with Crippen molar-refractivity contribution in [1.29, 1.82) is 0 Å². The number of hydrogen-bond acceptors (Lipinski definition) is 3. The predicted octanol–water partition coefficient (Wildman–Crippen LogP) is 3.39. The van der Waals surface area contributed by atoms with Crippen molar-refractivity contribution in [2.24, 2.45) is 0 Å². The number of carbonyl (C=O) groups excluding carboxylic acids is 1. The maximum absolute atomic E-state index is 12.4. The van der Waals surface area contributed by atoms with Crippen molar-refractivity contribution in [1.82, 2.24) is 0 Å². The molecule has 4 heteroatoms. The summed E-state index contributed by atoms with van der Waals surface area (Å²) in [4.78, 5) is 23.4. The lowest BCUT2D eigenvalue weighted by Crippen LogP contribution is -2.26. The molecule has 0 aromatic heterocycles. The Bertz CT molecular complexity index is 652. The molecule has 0 fully saturated rings. The molecule has 2 aromatic rings. The summed E-state index contributed by atoms with van der Waals surface area (Å²) in [5.41, 5.74) is 2.21. The highest BCUT2D eigenvalue weighted by atomic mass is 16.4. The summed E-state index contributed by atoms with van der Waals surface area (Å²) in [6.45, 7) is 1.55. The van der Waals surface area contributed by atoms with Crippen LogP contribution >= 0.6 is 0 Å². The van der Waals surface area contributed by atoms with Gasteiger partial charge in [-0.15, -0.1) is 0 Å². The average Bonchev–Trinajstić information content (AvgIpc) is 2.54. The molecule has 22 heavy (non-hydrogen) atoms. The van der Waals surface area contributed by atoms with Gasteiger partial charge in [0.25, 0.3) is 0 Å². The molecule has 0 aliphatic rings. The molecule has 0 radical (unpaired) electrons. The smallest absolute Gasteiger partial charge is 0.325 e. The second kappa shape index (κ2) is 7.41. The monoisotopic (exact) mass is 297 g/mol. The lowest BCUT2D eigenvalue weighted by Gasteiger charge is -2.14. The third kappa shape index (κ3) is 4.19. The lowest BCUT2D eigenvalue weighted by atomic mass is 10.0. The number of aliphatic carboxylic acids is 1. The van der Waals surface area contributed by atoms with Gasteiger partial charge in [-0.3, -0.25) is 9.59 Å². The molecule has 1 atom stereocenters. The molecule has 0 amide bonds. The van der Waals surface area contributed by atoms with Crippen molar-refractivity contribution in [3.05, 3.63) is 65.7 Å². The molecule has 0 heterocycles. The van der Waals surface area contributed by atoms with E-state index in [9.17, 15) is 9.59 Å². The molecule has 4 nitrogen and oxygen atoms in total. The summed E-state index contributed by atoms with van der Waals surface area (Å²) >= 11 is 0. The van der Waals surface area contributed by atoms with Gasteiger partial charge in [-0.2, -0.15) is 0 Å². The molecule has 0 saturated heterocycles. The molecule has 0 unspecified atom stereocenters. The van der Waals surface area contributed by atoms with Gasteiger partial charge in [0, 0.05) is 17.7 Å².